The molecule has 4 heterocycles. The predicted molar refractivity (Wildman–Crippen MR) is 228 cm³/mol. The van der Waals surface area contributed by atoms with Gasteiger partial charge in [0.1, 0.15) is 23.9 Å². The first-order valence-corrected chi connectivity index (χ1v) is 20.8. The van der Waals surface area contributed by atoms with Crippen LogP contribution in [0.2, 0.25) is 0 Å². The Labute approximate surface area is 353 Å². The average Bonchev–Trinajstić information content (AvgIpc) is 3.83. The van der Waals surface area contributed by atoms with Gasteiger partial charge in [0.25, 0.3) is 0 Å². The maximum absolute atomic E-state index is 14.5. The van der Waals surface area contributed by atoms with Gasteiger partial charge >= 0.3 is 11.9 Å². The molecule has 6 rings (SSSR count). The number of carbonyl (C=O) groups excluding carboxylic acids is 5. The van der Waals surface area contributed by atoms with Crippen molar-refractivity contribution in [3.8, 4) is 27.4 Å². The molecule has 60 heavy (non-hydrogen) atoms. The summed E-state index contributed by atoms with van der Waals surface area (Å²) in [5.41, 5.74) is 12.0. The van der Waals surface area contributed by atoms with Gasteiger partial charge < -0.3 is 35.6 Å². The molecule has 3 amide bonds. The van der Waals surface area contributed by atoms with Gasteiger partial charge in [-0.3, -0.25) is 28.9 Å². The summed E-state index contributed by atoms with van der Waals surface area (Å²) in [6.45, 7) is 14.2. The number of amides is 3. The molecule has 2 saturated heterocycles. The molecule has 4 atom stereocenters. The van der Waals surface area contributed by atoms with Crippen LogP contribution in [0.4, 0.5) is 11.5 Å². The smallest absolute Gasteiger partial charge is 0.308 e. The number of aryl methyl sites for hydroxylation is 1. The molecule has 4 aromatic rings. The third-order valence-electron chi connectivity index (χ3n) is 10.7. The van der Waals surface area contributed by atoms with Crippen molar-refractivity contribution >= 4 is 52.5 Å². The molecule has 2 aromatic carbocycles. The number of nitrogens with zero attached hydrogens (tertiary/aromatic N) is 6. The van der Waals surface area contributed by atoms with Crippen LogP contribution in [0.5, 0.6) is 5.75 Å². The molecule has 0 aliphatic carbocycles. The number of carbonyl (C=O) groups is 5. The van der Waals surface area contributed by atoms with Crippen molar-refractivity contribution in [1.29, 1.82) is 0 Å². The second-order valence-corrected chi connectivity index (χ2v) is 17.2. The summed E-state index contributed by atoms with van der Waals surface area (Å²) in [6, 6.07) is 14.5. The number of nitrogens with one attached hydrogen (secondary N) is 2. The van der Waals surface area contributed by atoms with Crippen molar-refractivity contribution in [1.82, 2.24) is 35.6 Å². The lowest BCUT2D eigenvalue weighted by Gasteiger charge is -2.38. The predicted octanol–water partition coefficient (Wildman–Crippen LogP) is 4.15. The fourth-order valence-electron chi connectivity index (χ4n) is 7.57. The molecular weight excluding hydrogens is 787 g/mol. The van der Waals surface area contributed by atoms with Crippen molar-refractivity contribution in [2.24, 2.45) is 5.41 Å². The van der Waals surface area contributed by atoms with Crippen molar-refractivity contribution in [3.63, 3.8) is 0 Å². The maximum Gasteiger partial charge on any atom is 0.308 e. The van der Waals surface area contributed by atoms with E-state index in [9.17, 15) is 24.0 Å². The fourth-order valence-corrected chi connectivity index (χ4v) is 8.39. The molecule has 16 nitrogen and oxygen atoms in total. The second-order valence-electron chi connectivity index (χ2n) is 16.3. The highest BCUT2D eigenvalue weighted by atomic mass is 32.1. The molecule has 2 aliphatic rings. The number of ether oxygens (including phenoxy) is 2. The van der Waals surface area contributed by atoms with E-state index in [1.807, 2.05) is 81.4 Å². The second kappa shape index (κ2) is 18.5. The van der Waals surface area contributed by atoms with Crippen LogP contribution in [0.15, 0.2) is 60.1 Å². The zero-order valence-corrected chi connectivity index (χ0v) is 35.9. The van der Waals surface area contributed by atoms with E-state index in [-0.39, 0.29) is 43.2 Å². The van der Waals surface area contributed by atoms with Crippen molar-refractivity contribution in [2.45, 2.75) is 79.1 Å². The molecule has 2 aromatic heterocycles. The number of nitrogen functional groups attached to an aromatic ring is 1. The first-order chi connectivity index (χ1) is 28.5. The summed E-state index contributed by atoms with van der Waals surface area (Å²) in [5, 5.41) is 14.5. The highest BCUT2D eigenvalue weighted by Gasteiger charge is 2.46. The normalized spacial score (nSPS) is 18.1. The number of nitrogens with two attached hydrogens (primary N) is 1. The zero-order valence-electron chi connectivity index (χ0n) is 35.1. The molecule has 0 bridgehead atoms. The van der Waals surface area contributed by atoms with Crippen molar-refractivity contribution in [3.05, 3.63) is 71.4 Å². The number of aromatic nitrogens is 3. The number of likely N-dealkylation sites (tertiary alicyclic amines) is 1. The number of hydrogen-bond donors (Lipinski definition) is 3. The number of anilines is 2. The third kappa shape index (κ3) is 10.4. The van der Waals surface area contributed by atoms with Gasteiger partial charge in [-0.2, -0.15) is 0 Å². The fraction of sp³-hybridized carbons (Fsp3) is 0.442. The SMILES string of the molecule is CC(=O)Oc1ccccc1-c1cc(N2CCN(CC(=O)NC(C(=O)N3C[C@H](OC(C)=O)C[C@H]3C(=O)NC(C)c3ccc(-c4scnc4C)cc3)C(C)(C)C)CC2)c(N)nn1. The van der Waals surface area contributed by atoms with Crippen LogP contribution < -0.4 is 26.0 Å². The van der Waals surface area contributed by atoms with Crippen molar-refractivity contribution < 1.29 is 33.4 Å². The number of esters is 2. The van der Waals surface area contributed by atoms with Crippen LogP contribution in [-0.4, -0.2) is 112 Å². The molecule has 0 spiro atoms. The molecule has 0 saturated carbocycles. The summed E-state index contributed by atoms with van der Waals surface area (Å²) in [5.74, 6) is -1.50. The Balaban J connectivity index is 1.09. The minimum atomic E-state index is -0.978. The Bertz CT molecular complexity index is 2220. The number of thiazole rings is 1. The first kappa shape index (κ1) is 43.6. The van der Waals surface area contributed by atoms with Gasteiger partial charge in [-0.1, -0.05) is 57.2 Å². The minimum absolute atomic E-state index is 0.0161. The topological polar surface area (TPSA) is 202 Å². The molecule has 4 N–H and O–H groups in total. The van der Waals surface area contributed by atoms with Crippen LogP contribution in [0, 0.1) is 12.3 Å². The van der Waals surface area contributed by atoms with Gasteiger partial charge in [0, 0.05) is 52.0 Å². The zero-order chi connectivity index (χ0) is 43.3. The van der Waals surface area contributed by atoms with Gasteiger partial charge in [-0.25, -0.2) is 4.98 Å². The molecule has 17 heteroatoms. The highest BCUT2D eigenvalue weighted by Crippen LogP contribution is 2.34. The van der Waals surface area contributed by atoms with Crippen LogP contribution in [0.1, 0.15) is 65.3 Å². The van der Waals surface area contributed by atoms with Crippen LogP contribution >= 0.6 is 11.3 Å². The molecule has 318 valence electrons. The van der Waals surface area contributed by atoms with Crippen LogP contribution in [-0.2, 0) is 28.7 Å². The van der Waals surface area contributed by atoms with Gasteiger partial charge in [-0.05, 0) is 48.6 Å². The summed E-state index contributed by atoms with van der Waals surface area (Å²) in [7, 11) is 0. The lowest BCUT2D eigenvalue weighted by molar-refractivity contribution is -0.147. The Hall–Kier alpha value is -5.94. The Morgan fingerprint density at radius 3 is 2.28 bits per heavy atom. The van der Waals surface area contributed by atoms with E-state index in [4.69, 9.17) is 15.2 Å². The van der Waals surface area contributed by atoms with Crippen molar-refractivity contribution in [2.75, 3.05) is 49.9 Å². The maximum atomic E-state index is 14.5. The van der Waals surface area contributed by atoms with Gasteiger partial charge in [0.05, 0.1) is 46.6 Å². The Morgan fingerprint density at radius 2 is 1.65 bits per heavy atom. The molecular formula is C43H53N9O7S. The van der Waals surface area contributed by atoms with E-state index in [0.717, 1.165) is 21.7 Å². The Kier molecular flexibility index (Phi) is 13.5. The quantitative estimate of drug-likeness (QED) is 0.136. The molecule has 2 unspecified atom stereocenters. The molecule has 0 radical (unpaired) electrons. The lowest BCUT2D eigenvalue weighted by Crippen LogP contribution is -2.59. The van der Waals surface area contributed by atoms with E-state index in [0.29, 0.717) is 48.9 Å². The molecule has 2 fully saturated rings. The summed E-state index contributed by atoms with van der Waals surface area (Å²) in [6.07, 6.45) is -0.559. The first-order valence-electron chi connectivity index (χ1n) is 19.9. The van der Waals surface area contributed by atoms with E-state index in [1.165, 1.54) is 18.7 Å². The number of hydrogen-bond acceptors (Lipinski definition) is 14. The van der Waals surface area contributed by atoms with E-state index < -0.39 is 41.4 Å². The largest absolute Gasteiger partial charge is 0.461 e. The number of benzene rings is 2. The number of rotatable bonds is 12. The standard InChI is InChI=1S/C43H53N9O7S/c1-25(29-12-14-30(15-13-29)38-26(2)45-24-60-38)46-41(56)35-20-31(58-27(3)53)22-52(35)42(57)39(43(5,6)7)47-37(55)23-50-16-18-51(19-17-50)34-21-33(48-49-40(34)44)32-10-8-9-11-36(32)59-28(4)54/h8-15,21,24-25,31,35,39H,16-20,22-23H2,1-7H3,(H2,44,49)(H,46,56)(H,47,55)/t25?,31-,35+,39?/m1/s1. The average molecular weight is 840 g/mol. The molecule has 2 aliphatic heterocycles. The van der Waals surface area contributed by atoms with Gasteiger partial charge in [0.15, 0.2) is 5.82 Å². The van der Waals surface area contributed by atoms with Crippen LogP contribution in [0.25, 0.3) is 21.7 Å². The van der Waals surface area contributed by atoms with Crippen LogP contribution in [0.3, 0.4) is 0 Å². The highest BCUT2D eigenvalue weighted by molar-refractivity contribution is 7.13. The van der Waals surface area contributed by atoms with E-state index in [1.54, 1.807) is 29.5 Å². The number of piperazine rings is 1. The number of para-hydroxylation sites is 1. The third-order valence-corrected chi connectivity index (χ3v) is 11.7. The monoisotopic (exact) mass is 839 g/mol. The summed E-state index contributed by atoms with van der Waals surface area (Å²) < 4.78 is 10.9. The van der Waals surface area contributed by atoms with E-state index in [2.05, 4.69) is 30.7 Å². The minimum Gasteiger partial charge on any atom is -0.461 e. The summed E-state index contributed by atoms with van der Waals surface area (Å²) in [4.78, 5) is 76.7. The van der Waals surface area contributed by atoms with E-state index >= 15 is 0 Å². The Morgan fingerprint density at radius 1 is 0.950 bits per heavy atom. The lowest BCUT2D eigenvalue weighted by atomic mass is 9.85. The van der Waals surface area contributed by atoms with Gasteiger partial charge in [0.2, 0.25) is 17.7 Å². The summed E-state index contributed by atoms with van der Waals surface area (Å²) >= 11 is 1.57. The van der Waals surface area contributed by atoms with Gasteiger partial charge in [-0.15, -0.1) is 21.5 Å².